The zero-order valence-corrected chi connectivity index (χ0v) is 9.89. The average Bonchev–Trinajstić information content (AvgIpc) is 2.69. The number of benzene rings is 1. The van der Waals surface area contributed by atoms with E-state index in [1.165, 1.54) is 0 Å². The lowest BCUT2D eigenvalue weighted by Crippen LogP contribution is -1.98. The predicted octanol–water partition coefficient (Wildman–Crippen LogP) is 2.78. The molecule has 0 aliphatic carbocycles. The average molecular weight is 245 g/mol. The van der Waals surface area contributed by atoms with Crippen molar-refractivity contribution >= 4 is 22.4 Å². The summed E-state index contributed by atoms with van der Waals surface area (Å²) < 4.78 is 1.81. The Morgan fingerprint density at radius 1 is 1.18 bits per heavy atom. The van der Waals surface area contributed by atoms with Gasteiger partial charge >= 0.3 is 0 Å². The molecule has 0 N–H and O–H groups in total. The summed E-state index contributed by atoms with van der Waals surface area (Å²) in [7, 11) is 0. The molecule has 3 rings (SSSR count). The second-order valence-corrected chi connectivity index (χ2v) is 4.06. The van der Waals surface area contributed by atoms with Crippen molar-refractivity contribution in [3.05, 3.63) is 47.8 Å². The van der Waals surface area contributed by atoms with Gasteiger partial charge in [0.1, 0.15) is 5.82 Å². The highest BCUT2D eigenvalue weighted by atomic mass is 35.5. The van der Waals surface area contributed by atoms with Crippen LogP contribution in [0.4, 0.5) is 0 Å². The maximum atomic E-state index is 6.05. The van der Waals surface area contributed by atoms with Gasteiger partial charge in [-0.1, -0.05) is 12.1 Å². The fourth-order valence-corrected chi connectivity index (χ4v) is 2.15. The minimum absolute atomic E-state index is 0.360. The molecule has 0 amide bonds. The van der Waals surface area contributed by atoms with E-state index in [1.54, 1.807) is 6.20 Å². The van der Waals surface area contributed by atoms with Crippen LogP contribution in [0, 0.1) is 6.92 Å². The highest BCUT2D eigenvalue weighted by Gasteiger charge is 2.10. The number of aromatic nitrogens is 4. The van der Waals surface area contributed by atoms with E-state index in [9.17, 15) is 0 Å². The molecule has 0 saturated carbocycles. The van der Waals surface area contributed by atoms with Gasteiger partial charge in [-0.25, -0.2) is 0 Å². The number of fused-ring (bicyclic) bond motifs is 1. The third-order valence-electron chi connectivity index (χ3n) is 2.69. The number of hydrogen-bond donors (Lipinski definition) is 0. The van der Waals surface area contributed by atoms with Crippen LogP contribution in [0.2, 0.25) is 5.28 Å². The van der Waals surface area contributed by atoms with Gasteiger partial charge in [-0.05, 0) is 36.0 Å². The van der Waals surface area contributed by atoms with Crippen LogP contribution in [0.15, 0.2) is 36.7 Å². The molecule has 1 aromatic carbocycles. The van der Waals surface area contributed by atoms with E-state index in [4.69, 9.17) is 11.6 Å². The zero-order chi connectivity index (χ0) is 11.8. The van der Waals surface area contributed by atoms with Crippen LogP contribution in [0.3, 0.4) is 0 Å². The summed E-state index contributed by atoms with van der Waals surface area (Å²) in [6.45, 7) is 1.87. The Bertz CT molecular complexity index is 665. The summed E-state index contributed by atoms with van der Waals surface area (Å²) in [5, 5.41) is 10.3. The lowest BCUT2D eigenvalue weighted by molar-refractivity contribution is 0.975. The molecule has 0 bridgehead atoms. The number of rotatable bonds is 1. The molecule has 0 atom stereocenters. The number of nitrogens with zero attached hydrogens (tertiary/aromatic N) is 4. The Morgan fingerprint density at radius 2 is 2.06 bits per heavy atom. The number of aryl methyl sites for hydroxylation is 1. The first kappa shape index (κ1) is 10.2. The fourth-order valence-electron chi connectivity index (χ4n) is 1.90. The molecular formula is C12H9ClN4. The van der Waals surface area contributed by atoms with Crippen molar-refractivity contribution in [1.29, 1.82) is 0 Å². The molecule has 0 fully saturated rings. The normalized spacial score (nSPS) is 10.9. The molecule has 0 aliphatic rings. The van der Waals surface area contributed by atoms with Crippen LogP contribution in [0.1, 0.15) is 5.82 Å². The maximum Gasteiger partial charge on any atom is 0.229 e. The van der Waals surface area contributed by atoms with E-state index < -0.39 is 0 Å². The molecule has 84 valence electrons. The van der Waals surface area contributed by atoms with Crippen molar-refractivity contribution in [2.24, 2.45) is 0 Å². The van der Waals surface area contributed by atoms with Gasteiger partial charge in [-0.15, -0.1) is 10.2 Å². The molecular weight excluding hydrogens is 236 g/mol. The smallest absolute Gasteiger partial charge is 0.229 e. The predicted molar refractivity (Wildman–Crippen MR) is 66.4 cm³/mol. The first-order chi connectivity index (χ1) is 8.27. The van der Waals surface area contributed by atoms with E-state index in [-0.39, 0.29) is 0 Å². The number of halogens is 1. The van der Waals surface area contributed by atoms with Crippen molar-refractivity contribution in [3.8, 4) is 5.69 Å². The van der Waals surface area contributed by atoms with Crippen LogP contribution < -0.4 is 0 Å². The second kappa shape index (κ2) is 3.82. The molecule has 0 saturated heterocycles. The Balaban J connectivity index is 2.38. The van der Waals surface area contributed by atoms with Gasteiger partial charge < -0.3 is 0 Å². The van der Waals surface area contributed by atoms with Gasteiger partial charge in [0.2, 0.25) is 5.28 Å². The summed E-state index contributed by atoms with van der Waals surface area (Å²) in [4.78, 5) is 4.15. The van der Waals surface area contributed by atoms with E-state index in [0.717, 1.165) is 22.3 Å². The van der Waals surface area contributed by atoms with E-state index in [2.05, 4.69) is 15.2 Å². The quantitative estimate of drug-likeness (QED) is 0.661. The molecule has 0 spiro atoms. The van der Waals surface area contributed by atoms with Gasteiger partial charge in [0, 0.05) is 17.8 Å². The summed E-state index contributed by atoms with van der Waals surface area (Å²) >= 11 is 6.05. The molecule has 17 heavy (non-hydrogen) atoms. The van der Waals surface area contributed by atoms with Crippen LogP contribution in [-0.2, 0) is 0 Å². The van der Waals surface area contributed by atoms with E-state index in [0.29, 0.717) is 5.28 Å². The van der Waals surface area contributed by atoms with Crippen molar-refractivity contribution in [2.75, 3.05) is 0 Å². The molecule has 0 radical (unpaired) electrons. The van der Waals surface area contributed by atoms with Crippen LogP contribution in [0.5, 0.6) is 0 Å². The summed E-state index contributed by atoms with van der Waals surface area (Å²) in [5.74, 6) is 0.756. The largest absolute Gasteiger partial charge is 0.269 e. The van der Waals surface area contributed by atoms with Gasteiger partial charge in [-0.2, -0.15) is 0 Å². The summed E-state index contributed by atoms with van der Waals surface area (Å²) in [6, 6.07) is 7.96. The third kappa shape index (κ3) is 1.57. The molecule has 0 unspecified atom stereocenters. The minimum Gasteiger partial charge on any atom is -0.269 e. The molecule has 4 nitrogen and oxygen atoms in total. The van der Waals surface area contributed by atoms with Crippen LogP contribution in [-0.4, -0.2) is 19.7 Å². The lowest BCUT2D eigenvalue weighted by Gasteiger charge is -2.08. The molecule has 5 heteroatoms. The molecule has 2 aromatic heterocycles. The van der Waals surface area contributed by atoms with Gasteiger partial charge in [0.05, 0.1) is 5.69 Å². The lowest BCUT2D eigenvalue weighted by atomic mass is 10.1. The Labute approximate surface area is 103 Å². The van der Waals surface area contributed by atoms with Crippen molar-refractivity contribution in [3.63, 3.8) is 0 Å². The molecule has 0 aliphatic heterocycles. The summed E-state index contributed by atoms with van der Waals surface area (Å²) in [6.07, 6.45) is 3.59. The maximum absolute atomic E-state index is 6.05. The zero-order valence-electron chi connectivity index (χ0n) is 9.13. The highest BCUT2D eigenvalue weighted by molar-refractivity contribution is 6.28. The van der Waals surface area contributed by atoms with Crippen molar-refractivity contribution < 1.29 is 0 Å². The first-order valence-corrected chi connectivity index (χ1v) is 5.56. The van der Waals surface area contributed by atoms with Gasteiger partial charge in [-0.3, -0.25) is 9.55 Å². The van der Waals surface area contributed by atoms with Crippen LogP contribution >= 0.6 is 11.6 Å². The first-order valence-electron chi connectivity index (χ1n) is 5.18. The second-order valence-electron chi connectivity index (χ2n) is 3.73. The standard InChI is InChI=1S/C12H9ClN4/c1-8-15-16-12(13)17(8)11-4-2-3-9-5-6-14-7-10(9)11/h2-7H,1H3. The van der Waals surface area contributed by atoms with Crippen molar-refractivity contribution in [2.45, 2.75) is 6.92 Å². The Morgan fingerprint density at radius 3 is 2.82 bits per heavy atom. The number of hydrogen-bond acceptors (Lipinski definition) is 3. The van der Waals surface area contributed by atoms with Crippen molar-refractivity contribution in [1.82, 2.24) is 19.7 Å². The number of pyridine rings is 1. The topological polar surface area (TPSA) is 43.6 Å². The minimum atomic E-state index is 0.360. The molecule has 2 heterocycles. The Kier molecular flexibility index (Phi) is 2.30. The van der Waals surface area contributed by atoms with Gasteiger partial charge in [0.15, 0.2) is 0 Å². The van der Waals surface area contributed by atoms with E-state index >= 15 is 0 Å². The highest BCUT2D eigenvalue weighted by Crippen LogP contribution is 2.24. The summed E-state index contributed by atoms with van der Waals surface area (Å²) in [5.41, 5.74) is 0.947. The SMILES string of the molecule is Cc1nnc(Cl)n1-c1cccc2ccncc12. The van der Waals surface area contributed by atoms with Gasteiger partial charge in [0.25, 0.3) is 0 Å². The molecule has 3 aromatic rings. The third-order valence-corrected chi connectivity index (χ3v) is 2.93. The monoisotopic (exact) mass is 244 g/mol. The van der Waals surface area contributed by atoms with E-state index in [1.807, 2.05) is 42.0 Å². The Hall–Kier alpha value is -1.94. The fraction of sp³-hybridized carbons (Fsp3) is 0.0833. The van der Waals surface area contributed by atoms with Crippen LogP contribution in [0.25, 0.3) is 16.5 Å².